The van der Waals surface area contributed by atoms with Crippen molar-refractivity contribution in [3.63, 3.8) is 0 Å². The second-order valence-corrected chi connectivity index (χ2v) is 3.73. The third-order valence-corrected chi connectivity index (χ3v) is 2.51. The molecule has 0 aliphatic heterocycles. The van der Waals surface area contributed by atoms with Crippen molar-refractivity contribution in [2.45, 2.75) is 0 Å². The molecule has 0 radical (unpaired) electrons. The molecule has 3 N–H and O–H groups in total. The standard InChI is InChI=1S/C12H8N6O/c13-5-7-3-1-2-4-9(7)19-11-8-6-15-18-10(8)16-12(14)17-11/h1-4,6H,(H3,14,15,16,17,18). The van der Waals surface area contributed by atoms with Gasteiger partial charge in [0.1, 0.15) is 17.2 Å². The lowest BCUT2D eigenvalue weighted by Gasteiger charge is -2.07. The minimum absolute atomic E-state index is 0.0705. The van der Waals surface area contributed by atoms with Gasteiger partial charge in [0, 0.05) is 0 Å². The molecule has 0 atom stereocenters. The Morgan fingerprint density at radius 3 is 2.95 bits per heavy atom. The van der Waals surface area contributed by atoms with Gasteiger partial charge < -0.3 is 10.5 Å². The zero-order valence-corrected chi connectivity index (χ0v) is 9.66. The zero-order chi connectivity index (χ0) is 13.2. The number of aromatic nitrogens is 4. The highest BCUT2D eigenvalue weighted by molar-refractivity contribution is 5.80. The van der Waals surface area contributed by atoms with E-state index < -0.39 is 0 Å². The first-order chi connectivity index (χ1) is 9.28. The molecule has 0 aliphatic carbocycles. The van der Waals surface area contributed by atoms with Crippen LogP contribution in [0.5, 0.6) is 11.6 Å². The number of benzene rings is 1. The number of fused-ring (bicyclic) bond motifs is 1. The van der Waals surface area contributed by atoms with Crippen LogP contribution in [0.2, 0.25) is 0 Å². The van der Waals surface area contributed by atoms with Crippen molar-refractivity contribution in [1.29, 1.82) is 5.26 Å². The molecule has 0 bridgehead atoms. The third kappa shape index (κ3) is 1.91. The Hall–Kier alpha value is -3.14. The lowest BCUT2D eigenvalue weighted by molar-refractivity contribution is 0.468. The molecular weight excluding hydrogens is 244 g/mol. The number of H-pyrrole nitrogens is 1. The molecule has 7 heteroatoms. The van der Waals surface area contributed by atoms with Crippen LogP contribution >= 0.6 is 0 Å². The van der Waals surface area contributed by atoms with Gasteiger partial charge in [0.15, 0.2) is 5.65 Å². The summed E-state index contributed by atoms with van der Waals surface area (Å²) in [7, 11) is 0. The van der Waals surface area contributed by atoms with Crippen LogP contribution in [0.15, 0.2) is 30.5 Å². The van der Waals surface area contributed by atoms with Crippen molar-refractivity contribution in [1.82, 2.24) is 20.2 Å². The van der Waals surface area contributed by atoms with Crippen LogP contribution in [0.1, 0.15) is 5.56 Å². The molecule has 0 unspecified atom stereocenters. The van der Waals surface area contributed by atoms with Gasteiger partial charge in [0.05, 0.1) is 11.8 Å². The minimum Gasteiger partial charge on any atom is -0.437 e. The molecular formula is C12H8N6O. The fourth-order valence-electron chi connectivity index (χ4n) is 1.65. The van der Waals surface area contributed by atoms with E-state index in [9.17, 15) is 0 Å². The number of para-hydroxylation sites is 1. The van der Waals surface area contributed by atoms with Crippen LogP contribution < -0.4 is 10.5 Å². The van der Waals surface area contributed by atoms with Gasteiger partial charge in [-0.3, -0.25) is 5.10 Å². The quantitative estimate of drug-likeness (QED) is 0.716. The minimum atomic E-state index is 0.0705. The highest BCUT2D eigenvalue weighted by atomic mass is 16.5. The van der Waals surface area contributed by atoms with E-state index in [1.165, 1.54) is 0 Å². The Morgan fingerprint density at radius 1 is 1.26 bits per heavy atom. The second-order valence-electron chi connectivity index (χ2n) is 3.73. The number of nitrogens with zero attached hydrogens (tertiary/aromatic N) is 4. The number of hydrogen-bond acceptors (Lipinski definition) is 6. The summed E-state index contributed by atoms with van der Waals surface area (Å²) in [5, 5.41) is 16.2. The number of nitrogens with one attached hydrogen (secondary N) is 1. The summed E-state index contributed by atoms with van der Waals surface area (Å²) < 4.78 is 5.64. The second kappa shape index (κ2) is 4.27. The molecule has 7 nitrogen and oxygen atoms in total. The van der Waals surface area contributed by atoms with Crippen molar-refractivity contribution in [3.8, 4) is 17.7 Å². The van der Waals surface area contributed by atoms with Crippen molar-refractivity contribution in [2.75, 3.05) is 5.73 Å². The number of nitrogens with two attached hydrogens (primary N) is 1. The summed E-state index contributed by atoms with van der Waals surface area (Å²) in [6.07, 6.45) is 1.54. The number of ether oxygens (including phenoxy) is 1. The first-order valence-electron chi connectivity index (χ1n) is 5.41. The van der Waals surface area contributed by atoms with E-state index in [4.69, 9.17) is 15.7 Å². The van der Waals surface area contributed by atoms with Crippen molar-refractivity contribution in [2.24, 2.45) is 0 Å². The molecule has 0 saturated carbocycles. The summed E-state index contributed by atoms with van der Waals surface area (Å²) in [5.74, 6) is 0.741. The van der Waals surface area contributed by atoms with Crippen molar-refractivity contribution >= 4 is 17.0 Å². The fourth-order valence-corrected chi connectivity index (χ4v) is 1.65. The Bertz CT molecular complexity index is 788. The summed E-state index contributed by atoms with van der Waals surface area (Å²) in [6.45, 7) is 0. The molecule has 0 amide bonds. The maximum absolute atomic E-state index is 9.02. The number of hydrogen-bond donors (Lipinski definition) is 2. The molecule has 3 aromatic rings. The molecule has 2 aromatic heterocycles. The smallest absolute Gasteiger partial charge is 0.235 e. The Labute approximate surface area is 107 Å². The predicted octanol–water partition coefficient (Wildman–Crippen LogP) is 1.60. The van der Waals surface area contributed by atoms with Crippen LogP contribution in [-0.2, 0) is 0 Å². The average Bonchev–Trinajstić information content (AvgIpc) is 2.87. The van der Waals surface area contributed by atoms with E-state index in [2.05, 4.69) is 20.2 Å². The van der Waals surface area contributed by atoms with Crippen LogP contribution in [0.3, 0.4) is 0 Å². The molecule has 3 rings (SSSR count). The number of rotatable bonds is 2. The Morgan fingerprint density at radius 2 is 2.11 bits per heavy atom. The first-order valence-corrected chi connectivity index (χ1v) is 5.41. The molecule has 0 fully saturated rings. The summed E-state index contributed by atoms with van der Waals surface area (Å²) in [6, 6.07) is 8.92. The van der Waals surface area contributed by atoms with E-state index in [1.807, 2.05) is 6.07 Å². The maximum atomic E-state index is 9.02. The molecule has 1 aromatic carbocycles. The average molecular weight is 252 g/mol. The van der Waals surface area contributed by atoms with E-state index >= 15 is 0 Å². The summed E-state index contributed by atoms with van der Waals surface area (Å²) in [5.41, 5.74) is 6.49. The number of anilines is 1. The monoisotopic (exact) mass is 252 g/mol. The summed E-state index contributed by atoms with van der Waals surface area (Å²) in [4.78, 5) is 8.00. The zero-order valence-electron chi connectivity index (χ0n) is 9.66. The Kier molecular flexibility index (Phi) is 2.47. The maximum Gasteiger partial charge on any atom is 0.235 e. The predicted molar refractivity (Wildman–Crippen MR) is 67.3 cm³/mol. The van der Waals surface area contributed by atoms with E-state index in [0.29, 0.717) is 22.3 Å². The highest BCUT2D eigenvalue weighted by Gasteiger charge is 2.12. The van der Waals surface area contributed by atoms with Gasteiger partial charge in [-0.15, -0.1) is 0 Å². The van der Waals surface area contributed by atoms with Crippen molar-refractivity contribution in [3.05, 3.63) is 36.0 Å². The van der Waals surface area contributed by atoms with Gasteiger partial charge in [-0.05, 0) is 12.1 Å². The topological polar surface area (TPSA) is 113 Å². The SMILES string of the molecule is N#Cc1ccccc1Oc1nc(N)nc2[nH]ncc12. The normalized spacial score (nSPS) is 10.3. The third-order valence-electron chi connectivity index (χ3n) is 2.51. The molecule has 0 spiro atoms. The fraction of sp³-hybridized carbons (Fsp3) is 0. The van der Waals surface area contributed by atoms with Gasteiger partial charge in [-0.25, -0.2) is 0 Å². The van der Waals surface area contributed by atoms with Crippen molar-refractivity contribution < 1.29 is 4.74 Å². The number of aromatic amines is 1. The van der Waals surface area contributed by atoms with Gasteiger partial charge in [-0.2, -0.15) is 20.3 Å². The summed E-state index contributed by atoms with van der Waals surface area (Å²) >= 11 is 0. The lowest BCUT2D eigenvalue weighted by Crippen LogP contribution is -1.98. The molecule has 2 heterocycles. The van der Waals surface area contributed by atoms with E-state index in [1.54, 1.807) is 30.5 Å². The first kappa shape index (κ1) is 11.0. The van der Waals surface area contributed by atoms with E-state index in [0.717, 1.165) is 0 Å². The number of nitrogen functional groups attached to an aromatic ring is 1. The van der Waals surface area contributed by atoms with Crippen LogP contribution in [-0.4, -0.2) is 20.2 Å². The Balaban J connectivity index is 2.11. The van der Waals surface area contributed by atoms with Crippen LogP contribution in [0.4, 0.5) is 5.95 Å². The largest absolute Gasteiger partial charge is 0.437 e. The van der Waals surface area contributed by atoms with Gasteiger partial charge >= 0.3 is 0 Å². The van der Waals surface area contributed by atoms with E-state index in [-0.39, 0.29) is 11.8 Å². The lowest BCUT2D eigenvalue weighted by atomic mass is 10.2. The van der Waals surface area contributed by atoms with Gasteiger partial charge in [0.2, 0.25) is 11.8 Å². The van der Waals surface area contributed by atoms with Crippen LogP contribution in [0.25, 0.3) is 11.0 Å². The highest BCUT2D eigenvalue weighted by Crippen LogP contribution is 2.28. The van der Waals surface area contributed by atoms with Gasteiger partial charge in [0.25, 0.3) is 0 Å². The van der Waals surface area contributed by atoms with Gasteiger partial charge in [-0.1, -0.05) is 12.1 Å². The molecule has 0 saturated heterocycles. The molecule has 92 valence electrons. The number of nitriles is 1. The molecule has 0 aliphatic rings. The molecule has 19 heavy (non-hydrogen) atoms. The van der Waals surface area contributed by atoms with Crippen LogP contribution in [0, 0.1) is 11.3 Å².